The average Bonchev–Trinajstić information content (AvgIpc) is 3.04. The Bertz CT molecular complexity index is 1010. The minimum Gasteiger partial charge on any atom is -0.494 e. The van der Waals surface area contributed by atoms with Crippen LogP contribution in [0.15, 0.2) is 54.2 Å². The minimum atomic E-state index is -0.260. The van der Waals surface area contributed by atoms with Gasteiger partial charge in [0.15, 0.2) is 0 Å². The van der Waals surface area contributed by atoms with Gasteiger partial charge in [0.25, 0.3) is 11.8 Å². The molecular formula is C27H32N2O3. The van der Waals surface area contributed by atoms with E-state index in [-0.39, 0.29) is 11.8 Å². The van der Waals surface area contributed by atoms with Crippen LogP contribution in [0.2, 0.25) is 0 Å². The van der Waals surface area contributed by atoms with Crippen LogP contribution in [0.3, 0.4) is 0 Å². The van der Waals surface area contributed by atoms with Crippen molar-refractivity contribution in [3.05, 3.63) is 65.4 Å². The van der Waals surface area contributed by atoms with Crippen LogP contribution in [0.1, 0.15) is 45.2 Å². The zero-order valence-corrected chi connectivity index (χ0v) is 19.4. The second kappa shape index (κ2) is 9.19. The summed E-state index contributed by atoms with van der Waals surface area (Å²) in [6.07, 6.45) is 2.04. The van der Waals surface area contributed by atoms with Gasteiger partial charge in [0.1, 0.15) is 11.4 Å². The molecule has 2 aliphatic rings. The number of carbonyl (C=O) groups is 2. The van der Waals surface area contributed by atoms with Crippen molar-refractivity contribution < 1.29 is 14.3 Å². The number of piperidine rings is 1. The van der Waals surface area contributed by atoms with Gasteiger partial charge in [-0.1, -0.05) is 45.0 Å². The Morgan fingerprint density at radius 1 is 0.875 bits per heavy atom. The number of nitrogens with zero attached hydrogens (tertiary/aromatic N) is 2. The van der Waals surface area contributed by atoms with Crippen LogP contribution >= 0.6 is 0 Å². The standard InChI is InChI=1S/C27H32N2O3/c1-5-20-7-11-22(12-8-20)29-26(30)24(21-9-13-23(14-10-21)32-6-2)25(27(29)31)28-16-18(3)15-19(4)17-28/h7-14,18-19H,5-6,15-17H2,1-4H3. The number of hydrogen-bond acceptors (Lipinski definition) is 4. The van der Waals surface area contributed by atoms with Crippen molar-refractivity contribution in [2.45, 2.75) is 40.5 Å². The molecule has 0 aromatic heterocycles. The smallest absolute Gasteiger partial charge is 0.282 e. The van der Waals surface area contributed by atoms with Crippen LogP contribution in [0.5, 0.6) is 5.75 Å². The Morgan fingerprint density at radius 2 is 1.50 bits per heavy atom. The molecule has 2 heterocycles. The first-order valence-corrected chi connectivity index (χ1v) is 11.6. The van der Waals surface area contributed by atoms with Gasteiger partial charge in [0, 0.05) is 13.1 Å². The predicted molar refractivity (Wildman–Crippen MR) is 127 cm³/mol. The Morgan fingerprint density at radius 3 is 2.06 bits per heavy atom. The van der Waals surface area contributed by atoms with E-state index in [2.05, 4.69) is 25.7 Å². The molecule has 2 atom stereocenters. The van der Waals surface area contributed by atoms with Gasteiger partial charge in [-0.25, -0.2) is 4.90 Å². The lowest BCUT2D eigenvalue weighted by atomic mass is 9.91. The van der Waals surface area contributed by atoms with E-state index in [1.165, 1.54) is 10.5 Å². The van der Waals surface area contributed by atoms with Crippen molar-refractivity contribution >= 4 is 23.1 Å². The minimum absolute atomic E-state index is 0.232. The number of carbonyl (C=O) groups excluding carboxylic acids is 2. The van der Waals surface area contributed by atoms with Crippen molar-refractivity contribution in [1.29, 1.82) is 0 Å². The van der Waals surface area contributed by atoms with Crippen LogP contribution in [0.4, 0.5) is 5.69 Å². The van der Waals surface area contributed by atoms with Gasteiger partial charge < -0.3 is 9.64 Å². The van der Waals surface area contributed by atoms with Crippen molar-refractivity contribution in [1.82, 2.24) is 4.90 Å². The normalized spacial score (nSPS) is 21.5. The molecule has 0 saturated carbocycles. The maximum absolute atomic E-state index is 13.7. The summed E-state index contributed by atoms with van der Waals surface area (Å²) in [6, 6.07) is 15.2. The maximum atomic E-state index is 13.7. The number of aryl methyl sites for hydroxylation is 1. The highest BCUT2D eigenvalue weighted by molar-refractivity contribution is 6.45. The van der Waals surface area contributed by atoms with Crippen LogP contribution in [-0.4, -0.2) is 36.4 Å². The molecule has 0 bridgehead atoms. The summed E-state index contributed by atoms with van der Waals surface area (Å²) >= 11 is 0. The Labute approximate surface area is 190 Å². The molecule has 2 aromatic rings. The molecule has 2 aliphatic heterocycles. The molecular weight excluding hydrogens is 400 g/mol. The first kappa shape index (κ1) is 22.1. The second-order valence-corrected chi connectivity index (χ2v) is 9.00. The van der Waals surface area contributed by atoms with E-state index < -0.39 is 0 Å². The summed E-state index contributed by atoms with van der Waals surface area (Å²) in [5, 5.41) is 0. The Balaban J connectivity index is 1.78. The number of likely N-dealkylation sites (tertiary alicyclic amines) is 1. The number of rotatable bonds is 6. The summed E-state index contributed by atoms with van der Waals surface area (Å²) in [4.78, 5) is 30.9. The van der Waals surface area contributed by atoms with E-state index in [0.717, 1.165) is 37.2 Å². The molecule has 0 spiro atoms. The van der Waals surface area contributed by atoms with E-state index in [1.54, 1.807) is 0 Å². The summed E-state index contributed by atoms with van der Waals surface area (Å²) < 4.78 is 5.57. The van der Waals surface area contributed by atoms with Crippen LogP contribution in [0, 0.1) is 11.8 Å². The van der Waals surface area contributed by atoms with Gasteiger partial charge in [-0.15, -0.1) is 0 Å². The zero-order valence-electron chi connectivity index (χ0n) is 19.4. The van der Waals surface area contributed by atoms with Crippen LogP contribution in [-0.2, 0) is 16.0 Å². The van der Waals surface area contributed by atoms with Crippen molar-refractivity contribution in [3.8, 4) is 5.75 Å². The Hall–Kier alpha value is -3.08. The molecule has 1 saturated heterocycles. The highest BCUT2D eigenvalue weighted by atomic mass is 16.5. The van der Waals surface area contributed by atoms with Crippen LogP contribution in [0.25, 0.3) is 5.57 Å². The van der Waals surface area contributed by atoms with E-state index >= 15 is 0 Å². The average molecular weight is 433 g/mol. The van der Waals surface area contributed by atoms with E-state index in [1.807, 2.05) is 55.5 Å². The first-order valence-electron chi connectivity index (χ1n) is 11.6. The quantitative estimate of drug-likeness (QED) is 0.609. The first-order chi connectivity index (χ1) is 15.4. The summed E-state index contributed by atoms with van der Waals surface area (Å²) in [7, 11) is 0. The van der Waals surface area contributed by atoms with Gasteiger partial charge in [0.2, 0.25) is 0 Å². The molecule has 32 heavy (non-hydrogen) atoms. The van der Waals surface area contributed by atoms with Gasteiger partial charge in [0.05, 0.1) is 17.9 Å². The highest BCUT2D eigenvalue weighted by Crippen LogP contribution is 2.37. The summed E-state index contributed by atoms with van der Waals surface area (Å²) in [6.45, 7) is 10.6. The molecule has 5 heteroatoms. The fourth-order valence-corrected chi connectivity index (χ4v) is 4.92. The fraction of sp³-hybridized carbons (Fsp3) is 0.407. The lowest BCUT2D eigenvalue weighted by Crippen LogP contribution is -2.42. The number of anilines is 1. The molecule has 2 amide bonds. The third kappa shape index (κ3) is 4.16. The monoisotopic (exact) mass is 432 g/mol. The van der Waals surface area contributed by atoms with Gasteiger partial charge in [-0.3, -0.25) is 9.59 Å². The number of imide groups is 1. The summed E-state index contributed by atoms with van der Waals surface area (Å²) in [5.74, 6) is 1.19. The molecule has 0 aliphatic carbocycles. The number of ether oxygens (including phenoxy) is 1. The molecule has 1 fully saturated rings. The highest BCUT2D eigenvalue weighted by Gasteiger charge is 2.43. The van der Waals surface area contributed by atoms with Crippen molar-refractivity contribution in [2.24, 2.45) is 11.8 Å². The van der Waals surface area contributed by atoms with Crippen LogP contribution < -0.4 is 9.64 Å². The summed E-state index contributed by atoms with van der Waals surface area (Å²) in [5.41, 5.74) is 3.55. The molecule has 4 rings (SSSR count). The lowest BCUT2D eigenvalue weighted by molar-refractivity contribution is -0.120. The van der Waals surface area contributed by atoms with Crippen molar-refractivity contribution in [3.63, 3.8) is 0 Å². The largest absolute Gasteiger partial charge is 0.494 e. The van der Waals surface area contributed by atoms with Gasteiger partial charge >= 0.3 is 0 Å². The molecule has 168 valence electrons. The molecule has 2 unspecified atom stereocenters. The van der Waals surface area contributed by atoms with Gasteiger partial charge in [-0.05, 0) is 67.0 Å². The number of hydrogen-bond donors (Lipinski definition) is 0. The molecule has 5 nitrogen and oxygen atoms in total. The van der Waals surface area contributed by atoms with E-state index in [0.29, 0.717) is 35.4 Å². The third-order valence-electron chi connectivity index (χ3n) is 6.30. The topological polar surface area (TPSA) is 49.9 Å². The van der Waals surface area contributed by atoms with E-state index in [9.17, 15) is 9.59 Å². The maximum Gasteiger partial charge on any atom is 0.282 e. The van der Waals surface area contributed by atoms with E-state index in [4.69, 9.17) is 4.74 Å². The number of amides is 2. The predicted octanol–water partition coefficient (Wildman–Crippen LogP) is 4.91. The fourth-order valence-electron chi connectivity index (χ4n) is 4.92. The SMILES string of the molecule is CCOc1ccc(C2=C(N3CC(C)CC(C)C3)C(=O)N(c3ccc(CC)cc3)C2=O)cc1. The molecule has 2 aromatic carbocycles. The lowest BCUT2D eigenvalue weighted by Gasteiger charge is -2.37. The Kier molecular flexibility index (Phi) is 6.35. The zero-order chi connectivity index (χ0) is 22.8. The van der Waals surface area contributed by atoms with Gasteiger partial charge in [-0.2, -0.15) is 0 Å². The number of benzene rings is 2. The molecule has 0 N–H and O–H groups in total. The van der Waals surface area contributed by atoms with Crippen molar-refractivity contribution in [2.75, 3.05) is 24.6 Å². The molecule has 0 radical (unpaired) electrons. The second-order valence-electron chi connectivity index (χ2n) is 9.00. The third-order valence-corrected chi connectivity index (χ3v) is 6.30.